The zero-order valence-electron chi connectivity index (χ0n) is 9.28. The number of benzene rings is 1. The molecule has 2 atom stereocenters. The second-order valence-electron chi connectivity index (χ2n) is 3.68. The highest BCUT2D eigenvalue weighted by molar-refractivity contribution is 5.79. The van der Waals surface area contributed by atoms with E-state index in [-0.39, 0.29) is 6.54 Å². The van der Waals surface area contributed by atoms with Crippen LogP contribution >= 0.6 is 0 Å². The van der Waals surface area contributed by atoms with Gasteiger partial charge in [0.05, 0.1) is 17.7 Å². The minimum atomic E-state index is -1.38. The summed E-state index contributed by atoms with van der Waals surface area (Å²) in [5.74, 6) is -2.26. The molecule has 0 bridgehead atoms. The number of hydrogen-bond donors (Lipinski definition) is 3. The molecule has 1 aromatic carbocycles. The maximum absolute atomic E-state index is 13.3. The standard InChI is InChI=1S/C11H14F2N2O2/c1-6(11(14)17)15-5-9(16)10-7(12)3-2-4-8(10)13/h2-4,6,9,15-16H,5H2,1H3,(H2,14,17). The molecule has 0 spiro atoms. The van der Waals surface area contributed by atoms with Crippen LogP contribution in [-0.2, 0) is 4.79 Å². The van der Waals surface area contributed by atoms with Crippen molar-refractivity contribution < 1.29 is 18.7 Å². The fraction of sp³-hybridized carbons (Fsp3) is 0.364. The molecule has 17 heavy (non-hydrogen) atoms. The van der Waals surface area contributed by atoms with Gasteiger partial charge in [-0.15, -0.1) is 0 Å². The molecule has 1 amide bonds. The van der Waals surface area contributed by atoms with E-state index < -0.39 is 35.3 Å². The number of nitrogens with two attached hydrogens (primary N) is 1. The number of hydrogen-bond acceptors (Lipinski definition) is 3. The molecule has 2 unspecified atom stereocenters. The first kappa shape index (κ1) is 13.5. The van der Waals surface area contributed by atoms with Crippen LogP contribution in [0.25, 0.3) is 0 Å². The molecule has 0 saturated heterocycles. The lowest BCUT2D eigenvalue weighted by Gasteiger charge is -2.16. The quantitative estimate of drug-likeness (QED) is 0.704. The van der Waals surface area contributed by atoms with Gasteiger partial charge in [0, 0.05) is 6.54 Å². The third-order valence-electron chi connectivity index (χ3n) is 2.38. The molecule has 4 N–H and O–H groups in total. The van der Waals surface area contributed by atoms with Crippen molar-refractivity contribution in [3.63, 3.8) is 0 Å². The lowest BCUT2D eigenvalue weighted by molar-refractivity contribution is -0.119. The van der Waals surface area contributed by atoms with E-state index in [9.17, 15) is 18.7 Å². The first-order chi connectivity index (χ1) is 7.93. The van der Waals surface area contributed by atoms with E-state index in [0.717, 1.165) is 12.1 Å². The lowest BCUT2D eigenvalue weighted by atomic mass is 10.1. The van der Waals surface area contributed by atoms with Gasteiger partial charge < -0.3 is 16.2 Å². The molecule has 0 saturated carbocycles. The summed E-state index contributed by atoms with van der Waals surface area (Å²) < 4.78 is 26.5. The van der Waals surface area contributed by atoms with Crippen molar-refractivity contribution in [2.75, 3.05) is 6.54 Å². The van der Waals surface area contributed by atoms with Crippen LogP contribution in [0.3, 0.4) is 0 Å². The molecule has 0 radical (unpaired) electrons. The predicted molar refractivity (Wildman–Crippen MR) is 58.0 cm³/mol. The van der Waals surface area contributed by atoms with Crippen molar-refractivity contribution in [3.05, 3.63) is 35.4 Å². The van der Waals surface area contributed by atoms with Gasteiger partial charge in [-0.3, -0.25) is 4.79 Å². The topological polar surface area (TPSA) is 75.3 Å². The average molecular weight is 244 g/mol. The summed E-state index contributed by atoms with van der Waals surface area (Å²) in [5.41, 5.74) is 4.57. The molecule has 0 aliphatic heterocycles. The molecule has 0 aromatic heterocycles. The summed E-state index contributed by atoms with van der Waals surface area (Å²) in [6, 6.07) is 2.64. The molecule has 0 aliphatic rings. The van der Waals surface area contributed by atoms with E-state index in [1.807, 2.05) is 0 Å². The van der Waals surface area contributed by atoms with E-state index in [0.29, 0.717) is 0 Å². The number of carbonyl (C=O) groups excluding carboxylic acids is 1. The summed E-state index contributed by atoms with van der Waals surface area (Å²) >= 11 is 0. The molecule has 4 nitrogen and oxygen atoms in total. The van der Waals surface area contributed by atoms with Gasteiger partial charge in [0.1, 0.15) is 11.6 Å². The minimum absolute atomic E-state index is 0.165. The largest absolute Gasteiger partial charge is 0.387 e. The van der Waals surface area contributed by atoms with Gasteiger partial charge in [0.25, 0.3) is 0 Å². The van der Waals surface area contributed by atoms with Crippen molar-refractivity contribution in [3.8, 4) is 0 Å². The number of rotatable bonds is 5. The van der Waals surface area contributed by atoms with Gasteiger partial charge >= 0.3 is 0 Å². The van der Waals surface area contributed by atoms with Crippen molar-refractivity contribution >= 4 is 5.91 Å². The molecular formula is C11H14F2N2O2. The maximum atomic E-state index is 13.3. The van der Waals surface area contributed by atoms with Crippen molar-refractivity contribution in [2.45, 2.75) is 19.1 Å². The number of aliphatic hydroxyl groups excluding tert-OH is 1. The molecule has 0 aliphatic carbocycles. The highest BCUT2D eigenvalue weighted by Gasteiger charge is 2.19. The Morgan fingerprint density at radius 3 is 2.47 bits per heavy atom. The van der Waals surface area contributed by atoms with Crippen LogP contribution in [0.5, 0.6) is 0 Å². The summed E-state index contributed by atoms with van der Waals surface area (Å²) in [7, 11) is 0. The fourth-order valence-corrected chi connectivity index (χ4v) is 1.32. The second-order valence-corrected chi connectivity index (χ2v) is 3.68. The first-order valence-electron chi connectivity index (χ1n) is 5.08. The number of primary amides is 1. The number of aliphatic hydroxyl groups is 1. The van der Waals surface area contributed by atoms with Crippen LogP contribution in [0.15, 0.2) is 18.2 Å². The molecule has 0 heterocycles. The summed E-state index contributed by atoms with van der Waals surface area (Å²) in [6.07, 6.45) is -1.38. The van der Waals surface area contributed by atoms with Gasteiger partial charge in [0.2, 0.25) is 5.91 Å². The molecule has 0 fully saturated rings. The Kier molecular flexibility index (Phi) is 4.53. The molecule has 1 aromatic rings. The molecule has 6 heteroatoms. The van der Waals surface area contributed by atoms with E-state index >= 15 is 0 Å². The Morgan fingerprint density at radius 2 is 2.00 bits per heavy atom. The monoisotopic (exact) mass is 244 g/mol. The Balaban J connectivity index is 2.70. The molecule has 1 rings (SSSR count). The van der Waals surface area contributed by atoms with Gasteiger partial charge in [0.15, 0.2) is 0 Å². The number of nitrogens with one attached hydrogen (secondary N) is 1. The Bertz CT molecular complexity index is 392. The van der Waals surface area contributed by atoms with Gasteiger partial charge in [-0.2, -0.15) is 0 Å². The van der Waals surface area contributed by atoms with Crippen LogP contribution in [-0.4, -0.2) is 23.6 Å². The first-order valence-corrected chi connectivity index (χ1v) is 5.08. The van der Waals surface area contributed by atoms with E-state index in [2.05, 4.69) is 5.32 Å². The van der Waals surface area contributed by atoms with Gasteiger partial charge in [-0.05, 0) is 19.1 Å². The summed E-state index contributed by atoms with van der Waals surface area (Å²) in [6.45, 7) is 1.33. The zero-order valence-corrected chi connectivity index (χ0v) is 9.28. The minimum Gasteiger partial charge on any atom is -0.387 e. The van der Waals surface area contributed by atoms with E-state index in [1.54, 1.807) is 0 Å². The summed E-state index contributed by atoms with van der Waals surface area (Å²) in [4.78, 5) is 10.7. The Hall–Kier alpha value is -1.53. The molecule has 94 valence electrons. The SMILES string of the molecule is CC(NCC(O)c1c(F)cccc1F)C(N)=O. The Morgan fingerprint density at radius 1 is 1.47 bits per heavy atom. The Labute approximate surface area is 97.4 Å². The van der Waals surface area contributed by atoms with Gasteiger partial charge in [-0.25, -0.2) is 8.78 Å². The average Bonchev–Trinajstić information content (AvgIpc) is 2.25. The second kappa shape index (κ2) is 5.70. The zero-order chi connectivity index (χ0) is 13.0. The van der Waals surface area contributed by atoms with Crippen LogP contribution < -0.4 is 11.1 Å². The number of carbonyl (C=O) groups is 1. The van der Waals surface area contributed by atoms with Crippen LogP contribution in [0.1, 0.15) is 18.6 Å². The van der Waals surface area contributed by atoms with Crippen LogP contribution in [0, 0.1) is 11.6 Å². The predicted octanol–water partition coefficient (Wildman–Crippen LogP) is 0.462. The smallest absolute Gasteiger partial charge is 0.234 e. The third kappa shape index (κ3) is 3.47. The van der Waals surface area contributed by atoms with E-state index in [1.165, 1.54) is 13.0 Å². The van der Waals surface area contributed by atoms with E-state index in [4.69, 9.17) is 5.73 Å². The van der Waals surface area contributed by atoms with Crippen molar-refractivity contribution in [2.24, 2.45) is 5.73 Å². The lowest BCUT2D eigenvalue weighted by Crippen LogP contribution is -2.40. The van der Waals surface area contributed by atoms with Crippen molar-refractivity contribution in [1.29, 1.82) is 0 Å². The summed E-state index contributed by atoms with van der Waals surface area (Å²) in [5, 5.41) is 12.2. The number of amides is 1. The van der Waals surface area contributed by atoms with Crippen LogP contribution in [0.2, 0.25) is 0 Å². The van der Waals surface area contributed by atoms with Gasteiger partial charge in [-0.1, -0.05) is 6.07 Å². The number of halogens is 2. The highest BCUT2D eigenvalue weighted by atomic mass is 19.1. The molecular weight excluding hydrogens is 230 g/mol. The van der Waals surface area contributed by atoms with Crippen molar-refractivity contribution in [1.82, 2.24) is 5.32 Å². The van der Waals surface area contributed by atoms with Crippen LogP contribution in [0.4, 0.5) is 8.78 Å². The fourth-order valence-electron chi connectivity index (χ4n) is 1.32. The third-order valence-corrected chi connectivity index (χ3v) is 2.38. The normalized spacial score (nSPS) is 14.4. The maximum Gasteiger partial charge on any atom is 0.234 e. The highest BCUT2D eigenvalue weighted by Crippen LogP contribution is 2.19.